The maximum atomic E-state index is 12.7. The molecule has 7 heteroatoms. The maximum absolute atomic E-state index is 12.7. The molecule has 0 aromatic carbocycles. The molecule has 0 bridgehead atoms. The molecule has 0 atom stereocenters. The van der Waals surface area contributed by atoms with Crippen LogP contribution in [-0.2, 0) is 0 Å². The summed E-state index contributed by atoms with van der Waals surface area (Å²) in [5.41, 5.74) is 1.44. The largest absolute Gasteiger partial charge is 0.385 e. The minimum absolute atomic E-state index is 0.0206. The normalized spacial score (nSPS) is 14.4. The SMILES string of the molecule is CCCCNc1ccnc(C(=O)N2CCN(c3ncccn3)CC2)c1. The number of nitrogens with zero attached hydrogens (tertiary/aromatic N) is 5. The van der Waals surface area contributed by atoms with E-state index in [1.165, 1.54) is 0 Å². The van der Waals surface area contributed by atoms with Gasteiger partial charge in [0.1, 0.15) is 5.69 Å². The topological polar surface area (TPSA) is 74.2 Å². The van der Waals surface area contributed by atoms with Crippen molar-refractivity contribution in [3.8, 4) is 0 Å². The Labute approximate surface area is 148 Å². The van der Waals surface area contributed by atoms with Crippen molar-refractivity contribution in [1.82, 2.24) is 19.9 Å². The van der Waals surface area contributed by atoms with Crippen molar-refractivity contribution in [1.29, 1.82) is 0 Å². The van der Waals surface area contributed by atoms with Crippen LogP contribution in [0.2, 0.25) is 0 Å². The number of piperazine rings is 1. The van der Waals surface area contributed by atoms with Gasteiger partial charge in [0.2, 0.25) is 5.95 Å². The summed E-state index contributed by atoms with van der Waals surface area (Å²) < 4.78 is 0. The van der Waals surface area contributed by atoms with E-state index in [4.69, 9.17) is 0 Å². The minimum atomic E-state index is -0.0206. The average molecular weight is 340 g/mol. The molecule has 1 aliphatic heterocycles. The number of anilines is 2. The predicted molar refractivity (Wildman–Crippen MR) is 97.8 cm³/mol. The van der Waals surface area contributed by atoms with Crippen LogP contribution in [0.15, 0.2) is 36.8 Å². The molecule has 3 rings (SSSR count). The highest BCUT2D eigenvalue weighted by atomic mass is 16.2. The van der Waals surface area contributed by atoms with Crippen LogP contribution in [0.5, 0.6) is 0 Å². The van der Waals surface area contributed by atoms with E-state index in [1.807, 2.05) is 17.0 Å². The lowest BCUT2D eigenvalue weighted by atomic mass is 10.2. The van der Waals surface area contributed by atoms with Crippen LogP contribution in [0, 0.1) is 0 Å². The van der Waals surface area contributed by atoms with Crippen molar-refractivity contribution >= 4 is 17.5 Å². The van der Waals surface area contributed by atoms with Gasteiger partial charge in [-0.1, -0.05) is 13.3 Å². The zero-order chi connectivity index (χ0) is 17.5. The predicted octanol–water partition coefficient (Wildman–Crippen LogP) is 2.05. The number of pyridine rings is 1. The molecule has 1 amide bonds. The standard InChI is InChI=1S/C18H24N6O/c1-2-3-6-19-15-5-9-20-16(14-15)17(25)23-10-12-24(13-11-23)18-21-7-4-8-22-18/h4-5,7-9,14H,2-3,6,10-13H2,1H3,(H,19,20). The van der Waals surface area contributed by atoms with Crippen molar-refractivity contribution in [2.75, 3.05) is 42.9 Å². The van der Waals surface area contributed by atoms with Crippen LogP contribution < -0.4 is 10.2 Å². The Morgan fingerprint density at radius 3 is 2.60 bits per heavy atom. The maximum Gasteiger partial charge on any atom is 0.272 e. The summed E-state index contributed by atoms with van der Waals surface area (Å²) in [6.45, 7) is 5.81. The Hall–Kier alpha value is -2.70. The number of rotatable bonds is 6. The van der Waals surface area contributed by atoms with Gasteiger partial charge < -0.3 is 15.1 Å². The summed E-state index contributed by atoms with van der Waals surface area (Å²) in [5, 5.41) is 3.34. The summed E-state index contributed by atoms with van der Waals surface area (Å²) in [7, 11) is 0. The minimum Gasteiger partial charge on any atom is -0.385 e. The summed E-state index contributed by atoms with van der Waals surface area (Å²) in [6, 6.07) is 5.54. The lowest BCUT2D eigenvalue weighted by molar-refractivity contribution is 0.0740. The first-order chi connectivity index (χ1) is 12.3. The molecule has 0 saturated carbocycles. The molecule has 0 radical (unpaired) electrons. The van der Waals surface area contributed by atoms with Gasteiger partial charge in [-0.25, -0.2) is 9.97 Å². The van der Waals surface area contributed by atoms with Gasteiger partial charge in [-0.3, -0.25) is 9.78 Å². The summed E-state index contributed by atoms with van der Waals surface area (Å²) in [4.78, 5) is 29.4. The molecule has 0 unspecified atom stereocenters. The van der Waals surface area contributed by atoms with E-state index < -0.39 is 0 Å². The van der Waals surface area contributed by atoms with Gasteiger partial charge in [0.25, 0.3) is 5.91 Å². The molecule has 1 N–H and O–H groups in total. The van der Waals surface area contributed by atoms with Crippen molar-refractivity contribution in [3.05, 3.63) is 42.5 Å². The lowest BCUT2D eigenvalue weighted by Gasteiger charge is -2.34. The Kier molecular flexibility index (Phi) is 5.77. The first kappa shape index (κ1) is 17.1. The molecule has 7 nitrogen and oxygen atoms in total. The van der Waals surface area contributed by atoms with Crippen LogP contribution in [0.3, 0.4) is 0 Å². The number of carbonyl (C=O) groups is 1. The number of nitrogens with one attached hydrogen (secondary N) is 1. The fourth-order valence-corrected chi connectivity index (χ4v) is 2.79. The van der Waals surface area contributed by atoms with E-state index in [0.29, 0.717) is 18.8 Å². The van der Waals surface area contributed by atoms with Gasteiger partial charge in [-0.2, -0.15) is 0 Å². The number of hydrogen-bond acceptors (Lipinski definition) is 6. The van der Waals surface area contributed by atoms with E-state index in [-0.39, 0.29) is 5.91 Å². The van der Waals surface area contributed by atoms with E-state index in [0.717, 1.165) is 44.1 Å². The van der Waals surface area contributed by atoms with Crippen molar-refractivity contribution in [3.63, 3.8) is 0 Å². The molecule has 132 valence electrons. The Morgan fingerprint density at radius 1 is 1.12 bits per heavy atom. The molecule has 25 heavy (non-hydrogen) atoms. The highest BCUT2D eigenvalue weighted by Crippen LogP contribution is 2.14. The van der Waals surface area contributed by atoms with Gasteiger partial charge in [-0.15, -0.1) is 0 Å². The second-order valence-corrected chi connectivity index (χ2v) is 6.04. The highest BCUT2D eigenvalue weighted by Gasteiger charge is 2.24. The number of unbranched alkanes of at least 4 members (excludes halogenated alkanes) is 1. The van der Waals surface area contributed by atoms with Crippen LogP contribution >= 0.6 is 0 Å². The molecule has 3 heterocycles. The van der Waals surface area contributed by atoms with E-state index in [9.17, 15) is 4.79 Å². The molecular formula is C18H24N6O. The number of hydrogen-bond donors (Lipinski definition) is 1. The van der Waals surface area contributed by atoms with E-state index in [2.05, 4.69) is 32.1 Å². The van der Waals surface area contributed by atoms with Crippen LogP contribution in [0.4, 0.5) is 11.6 Å². The molecule has 0 spiro atoms. The van der Waals surface area contributed by atoms with Crippen molar-refractivity contribution in [2.45, 2.75) is 19.8 Å². The zero-order valence-corrected chi connectivity index (χ0v) is 14.6. The number of aromatic nitrogens is 3. The zero-order valence-electron chi connectivity index (χ0n) is 14.6. The number of carbonyl (C=O) groups excluding carboxylic acids is 1. The fraction of sp³-hybridized carbons (Fsp3) is 0.444. The van der Waals surface area contributed by atoms with Crippen LogP contribution in [-0.4, -0.2) is 58.5 Å². The molecule has 1 saturated heterocycles. The van der Waals surface area contributed by atoms with Crippen molar-refractivity contribution in [2.24, 2.45) is 0 Å². The molecule has 1 aliphatic rings. The third kappa shape index (κ3) is 4.43. The van der Waals surface area contributed by atoms with E-state index in [1.54, 1.807) is 24.7 Å². The quantitative estimate of drug-likeness (QED) is 0.811. The van der Waals surface area contributed by atoms with E-state index >= 15 is 0 Å². The summed E-state index contributed by atoms with van der Waals surface area (Å²) in [5.74, 6) is 0.697. The van der Waals surface area contributed by atoms with Gasteiger partial charge in [0.15, 0.2) is 0 Å². The van der Waals surface area contributed by atoms with Crippen LogP contribution in [0.25, 0.3) is 0 Å². The van der Waals surface area contributed by atoms with Gasteiger partial charge in [0.05, 0.1) is 0 Å². The Bertz CT molecular complexity index is 685. The third-order valence-corrected chi connectivity index (χ3v) is 4.24. The third-order valence-electron chi connectivity index (χ3n) is 4.24. The summed E-state index contributed by atoms with van der Waals surface area (Å²) in [6.07, 6.45) is 7.41. The molecular weight excluding hydrogens is 316 g/mol. The first-order valence-corrected chi connectivity index (χ1v) is 8.79. The number of amides is 1. The van der Waals surface area contributed by atoms with Crippen molar-refractivity contribution < 1.29 is 4.79 Å². The molecule has 2 aromatic rings. The second-order valence-electron chi connectivity index (χ2n) is 6.04. The van der Waals surface area contributed by atoms with Gasteiger partial charge in [-0.05, 0) is 24.6 Å². The van der Waals surface area contributed by atoms with Crippen LogP contribution in [0.1, 0.15) is 30.3 Å². The fourth-order valence-electron chi connectivity index (χ4n) is 2.79. The highest BCUT2D eigenvalue weighted by molar-refractivity contribution is 5.93. The lowest BCUT2D eigenvalue weighted by Crippen LogP contribution is -2.49. The molecule has 2 aromatic heterocycles. The molecule has 1 fully saturated rings. The first-order valence-electron chi connectivity index (χ1n) is 8.79. The Balaban J connectivity index is 1.58. The van der Waals surface area contributed by atoms with Gasteiger partial charge >= 0.3 is 0 Å². The monoisotopic (exact) mass is 340 g/mol. The summed E-state index contributed by atoms with van der Waals surface area (Å²) >= 11 is 0. The van der Waals surface area contributed by atoms with Gasteiger partial charge in [0, 0.05) is 57.0 Å². The average Bonchev–Trinajstić information content (AvgIpc) is 2.69. The molecule has 0 aliphatic carbocycles. The second kappa shape index (κ2) is 8.41. The smallest absolute Gasteiger partial charge is 0.272 e. The Morgan fingerprint density at radius 2 is 1.88 bits per heavy atom.